The van der Waals surface area contributed by atoms with E-state index in [4.69, 9.17) is 5.73 Å². The third-order valence-electron chi connectivity index (χ3n) is 4.25. The monoisotopic (exact) mass is 247 g/mol. The van der Waals surface area contributed by atoms with Crippen LogP contribution in [0.3, 0.4) is 0 Å². The van der Waals surface area contributed by atoms with Crippen molar-refractivity contribution in [1.29, 1.82) is 0 Å². The molecule has 98 valence electrons. The summed E-state index contributed by atoms with van der Waals surface area (Å²) in [5, 5.41) is 0. The highest BCUT2D eigenvalue weighted by Crippen LogP contribution is 2.37. The first-order valence-corrected chi connectivity index (χ1v) is 6.61. The number of anilines is 1. The number of amides is 1. The summed E-state index contributed by atoms with van der Waals surface area (Å²) in [5.74, 6) is 0.477. The Morgan fingerprint density at radius 3 is 2.78 bits per heavy atom. The van der Waals surface area contributed by atoms with Gasteiger partial charge in [-0.1, -0.05) is 13.8 Å². The van der Waals surface area contributed by atoms with Crippen LogP contribution in [0.4, 0.5) is 5.82 Å². The molecule has 0 atom stereocenters. The maximum atomic E-state index is 12.4. The molecule has 1 aliphatic rings. The molecule has 4 nitrogen and oxygen atoms in total. The fraction of sp³-hybridized carbons (Fsp3) is 0.571. The van der Waals surface area contributed by atoms with Gasteiger partial charge in [0.05, 0.1) is 0 Å². The van der Waals surface area contributed by atoms with Crippen LogP contribution in [0.5, 0.6) is 0 Å². The van der Waals surface area contributed by atoms with E-state index < -0.39 is 0 Å². The summed E-state index contributed by atoms with van der Waals surface area (Å²) in [7, 11) is 0. The third kappa shape index (κ3) is 2.33. The molecule has 0 spiro atoms. The number of carbonyl (C=O) groups excluding carboxylic acids is 1. The number of carbonyl (C=O) groups is 1. The summed E-state index contributed by atoms with van der Waals surface area (Å²) in [5.41, 5.74) is 6.58. The van der Waals surface area contributed by atoms with Crippen LogP contribution in [0, 0.1) is 5.41 Å². The van der Waals surface area contributed by atoms with Gasteiger partial charge in [-0.05, 0) is 36.8 Å². The van der Waals surface area contributed by atoms with Crippen LogP contribution in [0.1, 0.15) is 43.5 Å². The van der Waals surface area contributed by atoms with E-state index in [0.717, 1.165) is 32.4 Å². The van der Waals surface area contributed by atoms with Gasteiger partial charge in [0, 0.05) is 24.8 Å². The molecule has 2 heterocycles. The number of rotatable bonds is 3. The SMILES string of the molecule is CCC1(CC)CCN(C(=O)c2ccnc(N)c2)C1. The second kappa shape index (κ2) is 4.96. The lowest BCUT2D eigenvalue weighted by atomic mass is 9.82. The molecule has 0 bridgehead atoms. The fourth-order valence-electron chi connectivity index (χ4n) is 2.70. The number of nitrogens with zero attached hydrogens (tertiary/aromatic N) is 2. The molecule has 1 aromatic rings. The maximum absolute atomic E-state index is 12.4. The minimum absolute atomic E-state index is 0.0767. The number of hydrogen-bond donors (Lipinski definition) is 1. The Hall–Kier alpha value is -1.58. The van der Waals surface area contributed by atoms with Crippen molar-refractivity contribution in [3.63, 3.8) is 0 Å². The lowest BCUT2D eigenvalue weighted by Crippen LogP contribution is -2.31. The van der Waals surface area contributed by atoms with Crippen molar-refractivity contribution in [1.82, 2.24) is 9.88 Å². The zero-order valence-corrected chi connectivity index (χ0v) is 11.1. The predicted molar refractivity (Wildman–Crippen MR) is 72.2 cm³/mol. The topological polar surface area (TPSA) is 59.2 Å². The van der Waals surface area contributed by atoms with Crippen LogP contribution in [0.2, 0.25) is 0 Å². The van der Waals surface area contributed by atoms with Gasteiger partial charge in [-0.15, -0.1) is 0 Å². The highest BCUT2D eigenvalue weighted by Gasteiger charge is 2.37. The molecule has 1 aromatic heterocycles. The first-order valence-electron chi connectivity index (χ1n) is 6.61. The molecule has 1 amide bonds. The Bertz CT molecular complexity index is 440. The molecule has 0 aromatic carbocycles. The standard InChI is InChI=1S/C14H21N3O/c1-3-14(4-2)6-8-17(10-14)13(18)11-5-7-16-12(15)9-11/h5,7,9H,3-4,6,8,10H2,1-2H3,(H2,15,16). The third-order valence-corrected chi connectivity index (χ3v) is 4.25. The van der Waals surface area contributed by atoms with Crippen molar-refractivity contribution in [2.75, 3.05) is 18.8 Å². The van der Waals surface area contributed by atoms with E-state index >= 15 is 0 Å². The Kier molecular flexibility index (Phi) is 3.55. The van der Waals surface area contributed by atoms with E-state index in [2.05, 4.69) is 18.8 Å². The molecular formula is C14H21N3O. The largest absolute Gasteiger partial charge is 0.384 e. The average molecular weight is 247 g/mol. The van der Waals surface area contributed by atoms with Crippen LogP contribution in [0.15, 0.2) is 18.3 Å². The summed E-state index contributed by atoms with van der Waals surface area (Å²) < 4.78 is 0. The van der Waals surface area contributed by atoms with E-state index in [1.54, 1.807) is 18.3 Å². The predicted octanol–water partition coefficient (Wildman–Crippen LogP) is 2.32. The highest BCUT2D eigenvalue weighted by molar-refractivity contribution is 5.95. The quantitative estimate of drug-likeness (QED) is 0.891. The van der Waals surface area contributed by atoms with Crippen LogP contribution in [-0.4, -0.2) is 28.9 Å². The number of aromatic nitrogens is 1. The van der Waals surface area contributed by atoms with Gasteiger partial charge in [0.1, 0.15) is 5.82 Å². The molecular weight excluding hydrogens is 226 g/mol. The van der Waals surface area contributed by atoms with Gasteiger partial charge < -0.3 is 10.6 Å². The molecule has 4 heteroatoms. The molecule has 0 radical (unpaired) electrons. The van der Waals surface area contributed by atoms with Crippen molar-refractivity contribution < 1.29 is 4.79 Å². The van der Waals surface area contributed by atoms with Crippen LogP contribution < -0.4 is 5.73 Å². The Morgan fingerprint density at radius 2 is 2.22 bits per heavy atom. The molecule has 1 saturated heterocycles. The average Bonchev–Trinajstić information content (AvgIpc) is 2.83. The minimum Gasteiger partial charge on any atom is -0.384 e. The van der Waals surface area contributed by atoms with Crippen molar-refractivity contribution in [3.05, 3.63) is 23.9 Å². The van der Waals surface area contributed by atoms with Gasteiger partial charge in [0.2, 0.25) is 0 Å². The minimum atomic E-state index is 0.0767. The van der Waals surface area contributed by atoms with Gasteiger partial charge in [-0.3, -0.25) is 4.79 Å². The second-order valence-electron chi connectivity index (χ2n) is 5.15. The molecule has 0 aliphatic carbocycles. The molecule has 0 saturated carbocycles. The van der Waals surface area contributed by atoms with Gasteiger partial charge in [0.15, 0.2) is 0 Å². The number of likely N-dealkylation sites (tertiary alicyclic amines) is 1. The zero-order chi connectivity index (χ0) is 13.2. The van der Waals surface area contributed by atoms with Crippen LogP contribution in [0.25, 0.3) is 0 Å². The fourth-order valence-corrected chi connectivity index (χ4v) is 2.70. The Balaban J connectivity index is 2.12. The molecule has 1 fully saturated rings. The first kappa shape index (κ1) is 12.9. The van der Waals surface area contributed by atoms with E-state index in [1.807, 2.05) is 4.90 Å². The highest BCUT2D eigenvalue weighted by atomic mass is 16.2. The molecule has 2 N–H and O–H groups in total. The van der Waals surface area contributed by atoms with Crippen molar-refractivity contribution >= 4 is 11.7 Å². The summed E-state index contributed by atoms with van der Waals surface area (Å²) in [6.07, 6.45) is 4.95. The van der Waals surface area contributed by atoms with Crippen molar-refractivity contribution in [2.24, 2.45) is 5.41 Å². The zero-order valence-electron chi connectivity index (χ0n) is 11.1. The summed E-state index contributed by atoms with van der Waals surface area (Å²) in [6, 6.07) is 3.39. The van der Waals surface area contributed by atoms with Gasteiger partial charge in [0.25, 0.3) is 5.91 Å². The number of nitrogens with two attached hydrogens (primary N) is 1. The normalized spacial score (nSPS) is 18.0. The Morgan fingerprint density at radius 1 is 1.50 bits per heavy atom. The molecule has 2 rings (SSSR count). The van der Waals surface area contributed by atoms with Crippen molar-refractivity contribution in [3.8, 4) is 0 Å². The Labute approximate surface area is 108 Å². The number of nitrogen functional groups attached to an aromatic ring is 1. The summed E-state index contributed by atoms with van der Waals surface area (Å²) in [6.45, 7) is 6.13. The van der Waals surface area contributed by atoms with E-state index in [-0.39, 0.29) is 5.91 Å². The van der Waals surface area contributed by atoms with E-state index in [9.17, 15) is 4.79 Å². The smallest absolute Gasteiger partial charge is 0.254 e. The van der Waals surface area contributed by atoms with Gasteiger partial charge >= 0.3 is 0 Å². The van der Waals surface area contributed by atoms with Crippen molar-refractivity contribution in [2.45, 2.75) is 33.1 Å². The lowest BCUT2D eigenvalue weighted by molar-refractivity contribution is 0.0770. The van der Waals surface area contributed by atoms with Gasteiger partial charge in [-0.25, -0.2) is 4.98 Å². The van der Waals surface area contributed by atoms with Crippen LogP contribution in [-0.2, 0) is 0 Å². The number of hydrogen-bond acceptors (Lipinski definition) is 3. The maximum Gasteiger partial charge on any atom is 0.254 e. The molecule has 0 unspecified atom stereocenters. The molecule has 1 aliphatic heterocycles. The van der Waals surface area contributed by atoms with Crippen LogP contribution >= 0.6 is 0 Å². The van der Waals surface area contributed by atoms with E-state index in [0.29, 0.717) is 16.8 Å². The molecule has 18 heavy (non-hydrogen) atoms. The summed E-state index contributed by atoms with van der Waals surface area (Å²) >= 11 is 0. The van der Waals surface area contributed by atoms with E-state index in [1.165, 1.54) is 0 Å². The summed E-state index contributed by atoms with van der Waals surface area (Å²) in [4.78, 5) is 18.2. The lowest BCUT2D eigenvalue weighted by Gasteiger charge is -2.26. The second-order valence-corrected chi connectivity index (χ2v) is 5.15. The number of pyridine rings is 1. The first-order chi connectivity index (χ1) is 8.60. The van der Waals surface area contributed by atoms with Gasteiger partial charge in [-0.2, -0.15) is 0 Å².